The van der Waals surface area contributed by atoms with Gasteiger partial charge in [0.25, 0.3) is 0 Å². The summed E-state index contributed by atoms with van der Waals surface area (Å²) in [6.45, 7) is 6.21. The molecule has 1 N–H and O–H groups in total. The van der Waals surface area contributed by atoms with E-state index >= 15 is 0 Å². The predicted octanol–water partition coefficient (Wildman–Crippen LogP) is 3.36. The summed E-state index contributed by atoms with van der Waals surface area (Å²) in [7, 11) is 0. The van der Waals surface area contributed by atoms with Crippen LogP contribution in [0.2, 0.25) is 0 Å². The van der Waals surface area contributed by atoms with Crippen molar-refractivity contribution in [2.75, 3.05) is 0 Å². The van der Waals surface area contributed by atoms with Crippen LogP contribution in [0, 0.1) is 6.92 Å². The molecule has 0 unspecified atom stereocenters. The minimum absolute atomic E-state index is 0.0903. The van der Waals surface area contributed by atoms with Crippen molar-refractivity contribution in [3.63, 3.8) is 0 Å². The second-order valence-corrected chi connectivity index (χ2v) is 6.25. The summed E-state index contributed by atoms with van der Waals surface area (Å²) in [6, 6.07) is 0. The number of aliphatic carboxylic acids is 1. The highest BCUT2D eigenvalue weighted by Crippen LogP contribution is 2.32. The Hall–Kier alpha value is -0.550. The maximum absolute atomic E-state index is 10.6. The summed E-state index contributed by atoms with van der Waals surface area (Å²) in [6.07, 6.45) is 2.33. The Morgan fingerprint density at radius 3 is 2.62 bits per heavy atom. The van der Waals surface area contributed by atoms with Crippen molar-refractivity contribution in [2.45, 2.75) is 49.6 Å². The van der Waals surface area contributed by atoms with Crippen molar-refractivity contribution in [3.8, 4) is 0 Å². The van der Waals surface area contributed by atoms with Gasteiger partial charge in [0.1, 0.15) is 0 Å². The summed E-state index contributed by atoms with van der Waals surface area (Å²) in [4.78, 5) is 15.9. The van der Waals surface area contributed by atoms with Crippen LogP contribution in [0.25, 0.3) is 0 Å². The average molecular weight is 259 g/mol. The summed E-state index contributed by atoms with van der Waals surface area (Å²) in [5.74, 6) is -0.786. The van der Waals surface area contributed by atoms with Gasteiger partial charge in [0.2, 0.25) is 0 Å². The Labute approximate surface area is 104 Å². The number of carboxylic acid groups (broad SMARTS) is 1. The average Bonchev–Trinajstić information content (AvgIpc) is 2.55. The number of hydrogen-bond acceptors (Lipinski definition) is 4. The summed E-state index contributed by atoms with van der Waals surface area (Å²) < 4.78 is 1.00. The summed E-state index contributed by atoms with van der Waals surface area (Å²) in [5, 5.41) is 9.33. The largest absolute Gasteiger partial charge is 0.481 e. The molecule has 0 fully saturated rings. The minimum Gasteiger partial charge on any atom is -0.481 e. The molecule has 1 rings (SSSR count). The maximum Gasteiger partial charge on any atom is 0.308 e. The molecular weight excluding hydrogens is 242 g/mol. The van der Waals surface area contributed by atoms with Crippen molar-refractivity contribution in [3.05, 3.63) is 10.6 Å². The first-order valence-corrected chi connectivity index (χ1v) is 7.11. The van der Waals surface area contributed by atoms with Gasteiger partial charge in [-0.15, -0.1) is 11.3 Å². The molecule has 0 aliphatic heterocycles. The third-order valence-corrected chi connectivity index (χ3v) is 5.15. The first-order valence-electron chi connectivity index (χ1n) is 5.41. The van der Waals surface area contributed by atoms with Crippen LogP contribution in [-0.4, -0.2) is 21.3 Å². The van der Waals surface area contributed by atoms with Crippen molar-refractivity contribution in [1.29, 1.82) is 0 Å². The van der Waals surface area contributed by atoms with E-state index in [2.05, 4.69) is 18.8 Å². The minimum atomic E-state index is -0.786. The molecule has 0 amide bonds. The van der Waals surface area contributed by atoms with Crippen molar-refractivity contribution < 1.29 is 9.90 Å². The van der Waals surface area contributed by atoms with Crippen LogP contribution in [0.3, 0.4) is 0 Å². The molecule has 1 aromatic heterocycles. The lowest BCUT2D eigenvalue weighted by Crippen LogP contribution is -1.99. The van der Waals surface area contributed by atoms with E-state index in [1.807, 2.05) is 6.92 Å². The SMILES string of the molecule is CCC(CC)Sc1nc(C)c(CC(=O)O)s1. The molecule has 0 saturated carbocycles. The van der Waals surface area contributed by atoms with E-state index in [0.717, 1.165) is 27.8 Å². The zero-order valence-electron chi connectivity index (χ0n) is 9.82. The lowest BCUT2D eigenvalue weighted by Gasteiger charge is -2.08. The van der Waals surface area contributed by atoms with Crippen LogP contribution in [0.5, 0.6) is 0 Å². The lowest BCUT2D eigenvalue weighted by molar-refractivity contribution is -0.136. The van der Waals surface area contributed by atoms with Gasteiger partial charge in [-0.1, -0.05) is 25.6 Å². The number of hydrogen-bond donors (Lipinski definition) is 1. The molecule has 0 aliphatic carbocycles. The van der Waals surface area contributed by atoms with Gasteiger partial charge < -0.3 is 5.11 Å². The number of thiazole rings is 1. The molecular formula is C11H17NO2S2. The van der Waals surface area contributed by atoms with E-state index < -0.39 is 5.97 Å². The number of rotatable bonds is 6. The normalized spacial score (nSPS) is 11.0. The molecule has 0 bridgehead atoms. The fraction of sp³-hybridized carbons (Fsp3) is 0.636. The monoisotopic (exact) mass is 259 g/mol. The molecule has 1 heterocycles. The molecule has 0 aromatic carbocycles. The van der Waals surface area contributed by atoms with Crippen LogP contribution in [0.4, 0.5) is 0 Å². The van der Waals surface area contributed by atoms with Crippen LogP contribution in [-0.2, 0) is 11.2 Å². The molecule has 0 saturated heterocycles. The van der Waals surface area contributed by atoms with Crippen LogP contribution < -0.4 is 0 Å². The Bertz CT molecular complexity index is 359. The van der Waals surface area contributed by atoms with E-state index in [9.17, 15) is 4.79 Å². The molecule has 1 aromatic rings. The molecule has 90 valence electrons. The standard InChI is InChI=1S/C11H17NO2S2/c1-4-8(5-2)15-11-12-7(3)9(16-11)6-10(13)14/h8H,4-6H2,1-3H3,(H,13,14). The first kappa shape index (κ1) is 13.5. The highest BCUT2D eigenvalue weighted by molar-refractivity contribution is 8.01. The highest BCUT2D eigenvalue weighted by Gasteiger charge is 2.14. The van der Waals surface area contributed by atoms with Crippen molar-refractivity contribution in [2.24, 2.45) is 0 Å². The Morgan fingerprint density at radius 1 is 1.50 bits per heavy atom. The molecule has 3 nitrogen and oxygen atoms in total. The Morgan fingerprint density at radius 2 is 2.12 bits per heavy atom. The van der Waals surface area contributed by atoms with E-state index in [1.165, 1.54) is 11.3 Å². The van der Waals surface area contributed by atoms with Gasteiger partial charge in [0.15, 0.2) is 4.34 Å². The van der Waals surface area contributed by atoms with Crippen molar-refractivity contribution >= 4 is 29.1 Å². The molecule has 0 aliphatic rings. The fourth-order valence-corrected chi connectivity index (χ4v) is 3.84. The first-order chi connectivity index (χ1) is 7.56. The van der Waals surface area contributed by atoms with E-state index in [4.69, 9.17) is 5.11 Å². The second-order valence-electron chi connectivity index (χ2n) is 3.62. The van der Waals surface area contributed by atoms with Gasteiger partial charge in [-0.25, -0.2) is 4.98 Å². The van der Waals surface area contributed by atoms with Gasteiger partial charge in [-0.2, -0.15) is 0 Å². The molecule has 0 spiro atoms. The van der Waals surface area contributed by atoms with E-state index in [-0.39, 0.29) is 6.42 Å². The lowest BCUT2D eigenvalue weighted by atomic mass is 10.3. The number of aromatic nitrogens is 1. The predicted molar refractivity (Wildman–Crippen MR) is 68.4 cm³/mol. The Kier molecular flexibility index (Phi) is 5.28. The summed E-state index contributed by atoms with van der Waals surface area (Å²) in [5.41, 5.74) is 0.862. The number of aryl methyl sites for hydroxylation is 1. The van der Waals surface area contributed by atoms with Crippen molar-refractivity contribution in [1.82, 2.24) is 4.98 Å². The number of thioether (sulfide) groups is 1. The number of carbonyl (C=O) groups is 1. The fourth-order valence-electron chi connectivity index (χ4n) is 1.35. The maximum atomic E-state index is 10.6. The zero-order chi connectivity index (χ0) is 12.1. The van der Waals surface area contributed by atoms with E-state index in [1.54, 1.807) is 11.8 Å². The second kappa shape index (κ2) is 6.25. The molecule has 5 heteroatoms. The van der Waals surface area contributed by atoms with E-state index in [0.29, 0.717) is 5.25 Å². The van der Waals surface area contributed by atoms with Gasteiger partial charge in [-0.05, 0) is 19.8 Å². The van der Waals surface area contributed by atoms with Crippen LogP contribution in [0.1, 0.15) is 37.3 Å². The van der Waals surface area contributed by atoms with Gasteiger partial charge in [0.05, 0.1) is 12.1 Å². The third-order valence-electron chi connectivity index (χ3n) is 2.36. The molecule has 0 atom stereocenters. The van der Waals surface area contributed by atoms with Gasteiger partial charge >= 0.3 is 5.97 Å². The van der Waals surface area contributed by atoms with Crippen LogP contribution >= 0.6 is 23.1 Å². The third kappa shape index (κ3) is 3.79. The van der Waals surface area contributed by atoms with Crippen LogP contribution in [0.15, 0.2) is 4.34 Å². The molecule has 16 heavy (non-hydrogen) atoms. The van der Waals surface area contributed by atoms with Gasteiger partial charge in [-0.3, -0.25) is 4.79 Å². The number of nitrogens with zero attached hydrogens (tertiary/aromatic N) is 1. The quantitative estimate of drug-likeness (QED) is 0.796. The number of carboxylic acids is 1. The Balaban J connectivity index is 2.72. The van der Waals surface area contributed by atoms with Gasteiger partial charge in [0, 0.05) is 10.1 Å². The topological polar surface area (TPSA) is 50.2 Å². The highest BCUT2D eigenvalue weighted by atomic mass is 32.2. The molecule has 0 radical (unpaired) electrons. The smallest absolute Gasteiger partial charge is 0.308 e. The summed E-state index contributed by atoms with van der Waals surface area (Å²) >= 11 is 3.28. The zero-order valence-corrected chi connectivity index (χ0v) is 11.5.